The molecule has 266 valence electrons. The van der Waals surface area contributed by atoms with Gasteiger partial charge in [-0.1, -0.05) is 121 Å². The summed E-state index contributed by atoms with van der Waals surface area (Å²) in [5, 5.41) is 4.53. The van der Waals surface area contributed by atoms with Gasteiger partial charge >= 0.3 is 0 Å². The monoisotopic (exact) mass is 752 g/mol. The fourth-order valence-corrected chi connectivity index (χ4v) is 9.11. The standard InChI is InChI=1S/C51H30N4OS/c1-2-13-31(14-3-1)49-52-50(54-51(53-49)33-26-28-47-41(30-33)37-18-7-11-24-46(37)57-47)32-25-27-44(55-42-21-8-4-15-34(42)35-16-5-9-22-43(35)55)40(29-32)39-20-12-19-38-36-17-6-10-23-45(36)56-48(38)39/h1-30H/i6D,12D,17D,19D,20D,23D. The van der Waals surface area contributed by atoms with Crippen LogP contribution in [0.15, 0.2) is 186 Å². The number of aromatic nitrogens is 4. The van der Waals surface area contributed by atoms with Crippen molar-refractivity contribution in [3.8, 4) is 51.0 Å². The van der Waals surface area contributed by atoms with Gasteiger partial charge in [-0.25, -0.2) is 15.0 Å². The van der Waals surface area contributed by atoms with E-state index < -0.39 is 0 Å². The van der Waals surface area contributed by atoms with E-state index in [1.807, 2.05) is 103 Å². The average Bonchev–Trinajstić information content (AvgIpc) is 4.01. The van der Waals surface area contributed by atoms with Crippen LogP contribution < -0.4 is 0 Å². The molecule has 12 aromatic rings. The molecule has 0 N–H and O–H groups in total. The summed E-state index contributed by atoms with van der Waals surface area (Å²) in [7, 11) is 0. The molecule has 0 aliphatic carbocycles. The molecule has 57 heavy (non-hydrogen) atoms. The van der Waals surface area contributed by atoms with Crippen LogP contribution >= 0.6 is 11.3 Å². The van der Waals surface area contributed by atoms with Crippen molar-refractivity contribution in [2.24, 2.45) is 0 Å². The number of rotatable bonds is 5. The Labute approximate surface area is 339 Å². The smallest absolute Gasteiger partial charge is 0.164 e. The zero-order valence-electron chi connectivity index (χ0n) is 36.0. The zero-order chi connectivity index (χ0) is 42.7. The van der Waals surface area contributed by atoms with E-state index in [0.29, 0.717) is 34.3 Å². The molecular formula is C51H30N4OS. The van der Waals surface area contributed by atoms with E-state index in [-0.39, 0.29) is 63.8 Å². The number of benzene rings is 8. The summed E-state index contributed by atoms with van der Waals surface area (Å²) in [6.07, 6.45) is 0. The highest BCUT2D eigenvalue weighted by atomic mass is 32.1. The fourth-order valence-electron chi connectivity index (χ4n) is 8.03. The summed E-state index contributed by atoms with van der Waals surface area (Å²) in [5.41, 5.74) is 5.50. The first kappa shape index (κ1) is 26.4. The zero-order valence-corrected chi connectivity index (χ0v) is 30.8. The quantitative estimate of drug-likeness (QED) is 0.176. The van der Waals surface area contributed by atoms with Crippen LogP contribution in [0.5, 0.6) is 0 Å². The Morgan fingerprint density at radius 3 is 1.88 bits per heavy atom. The van der Waals surface area contributed by atoms with E-state index in [1.54, 1.807) is 11.3 Å². The molecule has 6 heteroatoms. The van der Waals surface area contributed by atoms with Crippen LogP contribution in [-0.2, 0) is 0 Å². The Morgan fingerprint density at radius 1 is 0.456 bits per heavy atom. The average molecular weight is 753 g/mol. The number of hydrogen-bond donors (Lipinski definition) is 0. The molecule has 5 nitrogen and oxygen atoms in total. The van der Waals surface area contributed by atoms with Crippen LogP contribution in [0.25, 0.3) is 115 Å². The number of fused-ring (bicyclic) bond motifs is 9. The first-order valence-electron chi connectivity index (χ1n) is 21.5. The SMILES string of the molecule is [2H]c1cc([2H])c2oc3c(-c4cc(-c5nc(-c6ccccc6)nc(-c6ccc7sc8ccccc8c7c6)n5)ccc4-n4c5ccccc5c5ccccc54)c([2H])c([2H])c([2H])c3c2c1[2H]. The normalized spacial score (nSPS) is 13.3. The highest BCUT2D eigenvalue weighted by Gasteiger charge is 2.21. The summed E-state index contributed by atoms with van der Waals surface area (Å²) in [4.78, 5) is 15.3. The number of thiophene rings is 1. The molecule has 0 saturated carbocycles. The predicted molar refractivity (Wildman–Crippen MR) is 236 cm³/mol. The van der Waals surface area contributed by atoms with Crippen molar-refractivity contribution in [3.63, 3.8) is 0 Å². The van der Waals surface area contributed by atoms with E-state index >= 15 is 0 Å². The Morgan fingerprint density at radius 2 is 1.09 bits per heavy atom. The third-order valence-corrected chi connectivity index (χ3v) is 11.8. The molecule has 0 aliphatic heterocycles. The molecule has 0 amide bonds. The van der Waals surface area contributed by atoms with Gasteiger partial charge in [0.1, 0.15) is 11.2 Å². The van der Waals surface area contributed by atoms with Gasteiger partial charge in [-0.3, -0.25) is 0 Å². The minimum atomic E-state index is -0.370. The van der Waals surface area contributed by atoms with Gasteiger partial charge in [0, 0.05) is 69.5 Å². The second-order valence-electron chi connectivity index (χ2n) is 13.9. The van der Waals surface area contributed by atoms with Crippen molar-refractivity contribution >= 4 is 75.3 Å². The van der Waals surface area contributed by atoms with Crippen molar-refractivity contribution in [1.82, 2.24) is 19.5 Å². The molecule has 0 atom stereocenters. The van der Waals surface area contributed by atoms with Gasteiger partial charge in [0.25, 0.3) is 0 Å². The van der Waals surface area contributed by atoms with Crippen molar-refractivity contribution in [1.29, 1.82) is 0 Å². The topological polar surface area (TPSA) is 56.7 Å². The molecule has 0 saturated heterocycles. The third-order valence-electron chi connectivity index (χ3n) is 10.6. The van der Waals surface area contributed by atoms with Crippen LogP contribution in [0, 0.1) is 0 Å². The lowest BCUT2D eigenvalue weighted by Gasteiger charge is -2.16. The first-order valence-corrected chi connectivity index (χ1v) is 19.3. The van der Waals surface area contributed by atoms with E-state index in [9.17, 15) is 1.37 Å². The molecule has 0 unspecified atom stereocenters. The van der Waals surface area contributed by atoms with Gasteiger partial charge in [0.05, 0.1) is 24.9 Å². The van der Waals surface area contributed by atoms with Crippen molar-refractivity contribution < 1.29 is 12.6 Å². The minimum Gasteiger partial charge on any atom is -0.455 e. The molecule has 4 aromatic heterocycles. The molecule has 0 spiro atoms. The highest BCUT2D eigenvalue weighted by molar-refractivity contribution is 7.25. The van der Waals surface area contributed by atoms with Gasteiger partial charge in [0.15, 0.2) is 17.5 Å². The number of para-hydroxylation sites is 4. The maximum absolute atomic E-state index is 9.56. The Bertz CT molecular complexity index is 3840. The molecule has 0 radical (unpaired) electrons. The Balaban J connectivity index is 1.18. The van der Waals surface area contributed by atoms with Gasteiger partial charge in [0.2, 0.25) is 0 Å². The summed E-state index contributed by atoms with van der Waals surface area (Å²) in [5.74, 6) is 1.33. The predicted octanol–water partition coefficient (Wildman–Crippen LogP) is 13.9. The van der Waals surface area contributed by atoms with E-state index in [4.69, 9.17) is 26.2 Å². The van der Waals surface area contributed by atoms with Gasteiger partial charge in [-0.05, 0) is 60.6 Å². The van der Waals surface area contributed by atoms with Gasteiger partial charge in [-0.15, -0.1) is 11.3 Å². The molecular weight excluding hydrogens is 717 g/mol. The van der Waals surface area contributed by atoms with Crippen molar-refractivity contribution in [3.05, 3.63) is 182 Å². The van der Waals surface area contributed by atoms with Gasteiger partial charge in [-0.2, -0.15) is 0 Å². The lowest BCUT2D eigenvalue weighted by Crippen LogP contribution is -2.02. The first-order chi connectivity index (χ1) is 30.7. The lowest BCUT2D eigenvalue weighted by molar-refractivity contribution is 0.670. The van der Waals surface area contributed by atoms with E-state index in [2.05, 4.69) is 41.0 Å². The van der Waals surface area contributed by atoms with E-state index in [1.165, 1.54) is 10.8 Å². The van der Waals surface area contributed by atoms with Crippen molar-refractivity contribution in [2.45, 2.75) is 0 Å². The molecule has 8 aromatic carbocycles. The summed E-state index contributed by atoms with van der Waals surface area (Å²) in [6.45, 7) is 0. The maximum Gasteiger partial charge on any atom is 0.164 e. The number of furan rings is 1. The molecule has 4 heterocycles. The number of hydrogen-bond acceptors (Lipinski definition) is 5. The summed E-state index contributed by atoms with van der Waals surface area (Å²) >= 11 is 1.74. The Kier molecular flexibility index (Phi) is 5.82. The lowest BCUT2D eigenvalue weighted by atomic mass is 9.98. The third kappa shape index (κ3) is 5.04. The molecule has 0 aliphatic rings. The summed E-state index contributed by atoms with van der Waals surface area (Å²) in [6, 6.07) is 46.1. The number of nitrogens with zero attached hydrogens (tertiary/aromatic N) is 4. The second-order valence-corrected chi connectivity index (χ2v) is 15.0. The summed E-state index contributed by atoms with van der Waals surface area (Å²) < 4.78 is 64.8. The largest absolute Gasteiger partial charge is 0.455 e. The molecule has 12 rings (SSSR count). The molecule has 0 fully saturated rings. The minimum absolute atomic E-state index is 0.0188. The van der Waals surface area contributed by atoms with Crippen LogP contribution in [0.2, 0.25) is 0 Å². The van der Waals surface area contributed by atoms with Crippen LogP contribution in [0.3, 0.4) is 0 Å². The fraction of sp³-hybridized carbons (Fsp3) is 0. The maximum atomic E-state index is 9.56. The van der Waals surface area contributed by atoms with Crippen molar-refractivity contribution in [2.75, 3.05) is 0 Å². The van der Waals surface area contributed by atoms with E-state index in [0.717, 1.165) is 48.4 Å². The highest BCUT2D eigenvalue weighted by Crippen LogP contribution is 2.43. The van der Waals surface area contributed by atoms with Crippen LogP contribution in [0.4, 0.5) is 0 Å². The molecule has 0 bridgehead atoms. The Hall–Kier alpha value is -7.41. The van der Waals surface area contributed by atoms with Gasteiger partial charge < -0.3 is 8.98 Å². The van der Waals surface area contributed by atoms with Crippen LogP contribution in [0.1, 0.15) is 8.22 Å². The van der Waals surface area contributed by atoms with Crippen LogP contribution in [-0.4, -0.2) is 19.5 Å². The second kappa shape index (κ2) is 12.6.